The van der Waals surface area contributed by atoms with Crippen LogP contribution in [0.15, 0.2) is 5.11 Å². The van der Waals surface area contributed by atoms with Crippen molar-refractivity contribution in [2.75, 3.05) is 6.54 Å². The van der Waals surface area contributed by atoms with Crippen molar-refractivity contribution >= 4 is 0 Å². The van der Waals surface area contributed by atoms with Gasteiger partial charge in [0.25, 0.3) is 0 Å². The standard InChI is InChI=1S/C13H27N3/c1-5-6-7-8-9-10-12(11-15-16-14)13(2,3)4/h12H,5-11H2,1-4H3. The van der Waals surface area contributed by atoms with Crippen molar-refractivity contribution in [1.29, 1.82) is 0 Å². The summed E-state index contributed by atoms with van der Waals surface area (Å²) in [7, 11) is 0. The largest absolute Gasteiger partial charge is 0.0937 e. The Morgan fingerprint density at radius 1 is 1.12 bits per heavy atom. The first-order chi connectivity index (χ1) is 7.52. The zero-order valence-corrected chi connectivity index (χ0v) is 11.4. The Morgan fingerprint density at radius 3 is 2.25 bits per heavy atom. The maximum Gasteiger partial charge on any atom is 0.0291 e. The number of hydrogen-bond acceptors (Lipinski definition) is 1. The van der Waals surface area contributed by atoms with E-state index in [4.69, 9.17) is 5.53 Å². The Hall–Kier alpha value is -0.690. The minimum absolute atomic E-state index is 0.249. The molecule has 16 heavy (non-hydrogen) atoms. The quantitative estimate of drug-likeness (QED) is 0.232. The molecule has 0 saturated heterocycles. The number of hydrogen-bond donors (Lipinski definition) is 0. The minimum atomic E-state index is 0.249. The molecule has 0 amide bonds. The fourth-order valence-corrected chi connectivity index (χ4v) is 1.93. The van der Waals surface area contributed by atoms with E-state index in [1.807, 2.05) is 0 Å². The normalized spacial score (nSPS) is 13.2. The fraction of sp³-hybridized carbons (Fsp3) is 1.00. The summed E-state index contributed by atoms with van der Waals surface area (Å²) in [6.45, 7) is 9.58. The molecule has 0 aromatic carbocycles. The zero-order chi connectivity index (χ0) is 12.4. The van der Waals surface area contributed by atoms with Gasteiger partial charge in [0.05, 0.1) is 0 Å². The van der Waals surface area contributed by atoms with Crippen LogP contribution in [0.4, 0.5) is 0 Å². The van der Waals surface area contributed by atoms with Gasteiger partial charge in [-0.2, -0.15) is 0 Å². The van der Waals surface area contributed by atoms with E-state index in [0.29, 0.717) is 12.5 Å². The predicted octanol–water partition coefficient (Wildman–Crippen LogP) is 5.32. The van der Waals surface area contributed by atoms with Crippen LogP contribution in [0.5, 0.6) is 0 Å². The van der Waals surface area contributed by atoms with Crippen LogP contribution in [-0.4, -0.2) is 6.54 Å². The summed E-state index contributed by atoms with van der Waals surface area (Å²) < 4.78 is 0. The second kappa shape index (κ2) is 8.46. The average molecular weight is 225 g/mol. The molecule has 0 radical (unpaired) electrons. The van der Waals surface area contributed by atoms with Crippen molar-refractivity contribution in [3.63, 3.8) is 0 Å². The smallest absolute Gasteiger partial charge is 0.0291 e. The van der Waals surface area contributed by atoms with E-state index in [1.54, 1.807) is 0 Å². The molecule has 0 rings (SSSR count). The van der Waals surface area contributed by atoms with E-state index >= 15 is 0 Å². The van der Waals surface area contributed by atoms with Crippen LogP contribution in [0.2, 0.25) is 0 Å². The summed E-state index contributed by atoms with van der Waals surface area (Å²) in [6, 6.07) is 0. The van der Waals surface area contributed by atoms with Gasteiger partial charge in [-0.25, -0.2) is 0 Å². The van der Waals surface area contributed by atoms with Crippen LogP contribution in [0.3, 0.4) is 0 Å². The van der Waals surface area contributed by atoms with Crippen molar-refractivity contribution in [3.8, 4) is 0 Å². The Morgan fingerprint density at radius 2 is 1.75 bits per heavy atom. The van der Waals surface area contributed by atoms with Gasteiger partial charge >= 0.3 is 0 Å². The van der Waals surface area contributed by atoms with Gasteiger partial charge in [-0.15, -0.1) is 0 Å². The molecule has 0 aromatic rings. The van der Waals surface area contributed by atoms with Crippen molar-refractivity contribution in [2.45, 2.75) is 66.2 Å². The lowest BCUT2D eigenvalue weighted by atomic mass is 9.78. The topological polar surface area (TPSA) is 48.8 Å². The highest BCUT2D eigenvalue weighted by Gasteiger charge is 2.23. The van der Waals surface area contributed by atoms with Gasteiger partial charge in [-0.3, -0.25) is 0 Å². The molecule has 0 aliphatic rings. The van der Waals surface area contributed by atoms with Crippen LogP contribution in [-0.2, 0) is 0 Å². The number of azide groups is 1. The Labute approximate surface area is 100 Å². The average Bonchev–Trinajstić information content (AvgIpc) is 2.20. The molecule has 0 fully saturated rings. The van der Waals surface area contributed by atoms with Crippen molar-refractivity contribution < 1.29 is 0 Å². The summed E-state index contributed by atoms with van der Waals surface area (Å²) in [5.41, 5.74) is 8.63. The van der Waals surface area contributed by atoms with Crippen LogP contribution < -0.4 is 0 Å². The molecule has 3 nitrogen and oxygen atoms in total. The highest BCUT2D eigenvalue weighted by Crippen LogP contribution is 2.30. The third-order valence-electron chi connectivity index (χ3n) is 3.25. The Balaban J connectivity index is 3.88. The lowest BCUT2D eigenvalue weighted by Gasteiger charge is -2.29. The second-order valence-electron chi connectivity index (χ2n) is 5.68. The van der Waals surface area contributed by atoms with Crippen molar-refractivity contribution in [3.05, 3.63) is 10.4 Å². The second-order valence-corrected chi connectivity index (χ2v) is 5.68. The summed E-state index contributed by atoms with van der Waals surface area (Å²) in [5, 5.41) is 3.73. The monoisotopic (exact) mass is 225 g/mol. The molecular formula is C13H27N3. The molecule has 0 saturated carbocycles. The van der Waals surface area contributed by atoms with Gasteiger partial charge in [-0.1, -0.05) is 64.9 Å². The summed E-state index contributed by atoms with van der Waals surface area (Å²) >= 11 is 0. The molecule has 0 aliphatic carbocycles. The van der Waals surface area contributed by atoms with E-state index in [1.165, 1.54) is 38.5 Å². The summed E-state index contributed by atoms with van der Waals surface area (Å²) in [6.07, 6.45) is 7.75. The predicted molar refractivity (Wildman–Crippen MR) is 70.3 cm³/mol. The Bertz CT molecular complexity index is 212. The number of unbranched alkanes of at least 4 members (excludes halogenated alkanes) is 4. The first kappa shape index (κ1) is 15.3. The van der Waals surface area contributed by atoms with E-state index in [-0.39, 0.29) is 5.41 Å². The van der Waals surface area contributed by atoms with Crippen LogP contribution in [0, 0.1) is 11.3 Å². The molecule has 0 spiro atoms. The first-order valence-electron chi connectivity index (χ1n) is 6.53. The molecule has 1 unspecified atom stereocenters. The Kier molecular flexibility index (Phi) is 8.10. The maximum absolute atomic E-state index is 8.38. The van der Waals surface area contributed by atoms with Crippen molar-refractivity contribution in [2.24, 2.45) is 16.4 Å². The molecule has 0 N–H and O–H groups in total. The maximum atomic E-state index is 8.38. The molecule has 3 heteroatoms. The van der Waals surface area contributed by atoms with Crippen LogP contribution in [0.25, 0.3) is 10.4 Å². The van der Waals surface area contributed by atoms with E-state index in [2.05, 4.69) is 37.7 Å². The van der Waals surface area contributed by atoms with Gasteiger partial charge in [0.1, 0.15) is 0 Å². The molecule has 0 aromatic heterocycles. The minimum Gasteiger partial charge on any atom is -0.0937 e. The van der Waals surface area contributed by atoms with Crippen molar-refractivity contribution in [1.82, 2.24) is 0 Å². The van der Waals surface area contributed by atoms with E-state index in [9.17, 15) is 0 Å². The SMILES string of the molecule is CCCCCCCC(CN=[N+]=[N-])C(C)(C)C. The molecule has 94 valence electrons. The molecule has 0 bridgehead atoms. The van der Waals surface area contributed by atoms with Crippen LogP contribution >= 0.6 is 0 Å². The summed E-state index contributed by atoms with van der Waals surface area (Å²) in [5.74, 6) is 0.519. The van der Waals surface area contributed by atoms with E-state index in [0.717, 1.165) is 0 Å². The first-order valence-corrected chi connectivity index (χ1v) is 6.53. The highest BCUT2D eigenvalue weighted by atomic mass is 15.1. The third kappa shape index (κ3) is 7.58. The summed E-state index contributed by atoms with van der Waals surface area (Å²) in [4.78, 5) is 2.87. The van der Waals surface area contributed by atoms with E-state index < -0.39 is 0 Å². The molecule has 0 aliphatic heterocycles. The number of rotatable bonds is 8. The van der Waals surface area contributed by atoms with Gasteiger partial charge in [-0.05, 0) is 23.3 Å². The van der Waals surface area contributed by atoms with Gasteiger partial charge in [0.2, 0.25) is 0 Å². The van der Waals surface area contributed by atoms with Gasteiger partial charge in [0, 0.05) is 11.5 Å². The van der Waals surface area contributed by atoms with Gasteiger partial charge in [0.15, 0.2) is 0 Å². The highest BCUT2D eigenvalue weighted by molar-refractivity contribution is 4.76. The third-order valence-corrected chi connectivity index (χ3v) is 3.25. The lowest BCUT2D eigenvalue weighted by molar-refractivity contribution is 0.227. The lowest BCUT2D eigenvalue weighted by Crippen LogP contribution is -2.23. The number of nitrogens with zero attached hydrogens (tertiary/aromatic N) is 3. The van der Waals surface area contributed by atoms with Gasteiger partial charge < -0.3 is 0 Å². The molecule has 0 heterocycles. The molecular weight excluding hydrogens is 198 g/mol. The fourth-order valence-electron chi connectivity index (χ4n) is 1.93. The zero-order valence-electron chi connectivity index (χ0n) is 11.4. The molecule has 1 atom stereocenters. The van der Waals surface area contributed by atoms with Crippen LogP contribution in [0.1, 0.15) is 66.2 Å².